The van der Waals surface area contributed by atoms with Crippen LogP contribution < -0.4 is 14.4 Å². The molecule has 0 atom stereocenters. The van der Waals surface area contributed by atoms with Gasteiger partial charge >= 0.3 is 5.97 Å². The molecule has 32 heavy (non-hydrogen) atoms. The Kier molecular flexibility index (Phi) is 6.97. The Morgan fingerprint density at radius 2 is 2.00 bits per heavy atom. The molecule has 10 nitrogen and oxygen atoms in total. The van der Waals surface area contributed by atoms with E-state index in [-0.39, 0.29) is 48.2 Å². The molecule has 164 valence electrons. The van der Waals surface area contributed by atoms with Crippen molar-refractivity contribution in [2.24, 2.45) is 0 Å². The number of esters is 1. The van der Waals surface area contributed by atoms with Gasteiger partial charge in [0.2, 0.25) is 6.79 Å². The summed E-state index contributed by atoms with van der Waals surface area (Å²) in [6.45, 7) is -0.882. The summed E-state index contributed by atoms with van der Waals surface area (Å²) < 4.78 is 29.2. The van der Waals surface area contributed by atoms with Gasteiger partial charge in [0.05, 0.1) is 34.7 Å². The standard InChI is InChI=1S/C21H16FN3O7/c22-15-4-1-2-5-16(15)24(9-3-8-23)20(26)12-30-21(27)7-6-14-10-18-19(32-13-31-18)11-17(14)25(28)29/h1-2,4-7,10-11H,3,9,12-13H2/b7-6+. The van der Waals surface area contributed by atoms with E-state index < -0.39 is 29.2 Å². The number of fused-ring (bicyclic) bond motifs is 1. The van der Waals surface area contributed by atoms with E-state index in [1.54, 1.807) is 0 Å². The van der Waals surface area contributed by atoms with Crippen LogP contribution in [0.15, 0.2) is 42.5 Å². The lowest BCUT2D eigenvalue weighted by atomic mass is 10.1. The molecule has 0 spiro atoms. The summed E-state index contributed by atoms with van der Waals surface area (Å²) in [6.07, 6.45) is 2.01. The third-order valence-corrected chi connectivity index (χ3v) is 4.35. The number of benzene rings is 2. The number of nitrogens with zero attached hydrogens (tertiary/aromatic N) is 3. The third kappa shape index (κ3) is 5.17. The monoisotopic (exact) mass is 441 g/mol. The summed E-state index contributed by atoms with van der Waals surface area (Å²) in [4.78, 5) is 36.2. The molecule has 3 rings (SSSR count). The molecule has 0 radical (unpaired) electrons. The van der Waals surface area contributed by atoms with Crippen molar-refractivity contribution in [2.75, 3.05) is 24.8 Å². The molecule has 0 N–H and O–H groups in total. The molecule has 0 saturated heterocycles. The van der Waals surface area contributed by atoms with Gasteiger partial charge in [0.1, 0.15) is 5.82 Å². The zero-order valence-corrected chi connectivity index (χ0v) is 16.5. The average Bonchev–Trinajstić information content (AvgIpc) is 3.24. The smallest absolute Gasteiger partial charge is 0.331 e. The molecular formula is C21H16FN3O7. The fourth-order valence-electron chi connectivity index (χ4n) is 2.87. The number of halogens is 1. The molecule has 0 aromatic heterocycles. The van der Waals surface area contributed by atoms with Crippen LogP contribution >= 0.6 is 0 Å². The van der Waals surface area contributed by atoms with Crippen molar-refractivity contribution >= 4 is 29.3 Å². The van der Waals surface area contributed by atoms with E-state index >= 15 is 0 Å². The van der Waals surface area contributed by atoms with Gasteiger partial charge in [0.15, 0.2) is 18.1 Å². The van der Waals surface area contributed by atoms with Gasteiger partial charge in [-0.15, -0.1) is 0 Å². The maximum Gasteiger partial charge on any atom is 0.331 e. The molecule has 0 bridgehead atoms. The van der Waals surface area contributed by atoms with Gasteiger partial charge in [-0.2, -0.15) is 5.26 Å². The van der Waals surface area contributed by atoms with Crippen molar-refractivity contribution in [1.29, 1.82) is 5.26 Å². The molecule has 0 fully saturated rings. The largest absolute Gasteiger partial charge is 0.454 e. The SMILES string of the molecule is N#CCCN(C(=O)COC(=O)/C=C/c1cc2c(cc1[N+](=O)[O-])OCO2)c1ccccc1F. The van der Waals surface area contributed by atoms with Gasteiger partial charge in [-0.3, -0.25) is 14.9 Å². The van der Waals surface area contributed by atoms with Crippen LogP contribution in [-0.4, -0.2) is 36.7 Å². The Morgan fingerprint density at radius 1 is 1.28 bits per heavy atom. The van der Waals surface area contributed by atoms with Crippen molar-refractivity contribution in [1.82, 2.24) is 0 Å². The first kappa shape index (κ1) is 22.2. The lowest BCUT2D eigenvalue weighted by molar-refractivity contribution is -0.385. The van der Waals surface area contributed by atoms with E-state index in [0.29, 0.717) is 0 Å². The summed E-state index contributed by atoms with van der Waals surface area (Å²) in [5.74, 6) is -1.84. The van der Waals surface area contributed by atoms with Crippen LogP contribution in [0.2, 0.25) is 0 Å². The van der Waals surface area contributed by atoms with Crippen LogP contribution in [0.25, 0.3) is 6.08 Å². The minimum absolute atomic E-state index is 0.0460. The second-order valence-electron chi connectivity index (χ2n) is 6.37. The number of anilines is 1. The van der Waals surface area contributed by atoms with Crippen molar-refractivity contribution in [3.05, 3.63) is 64.0 Å². The predicted octanol–water partition coefficient (Wildman–Crippen LogP) is 2.97. The van der Waals surface area contributed by atoms with Crippen LogP contribution in [0.4, 0.5) is 15.8 Å². The highest BCUT2D eigenvalue weighted by Gasteiger charge is 2.23. The average molecular weight is 441 g/mol. The number of carbonyl (C=O) groups is 2. The van der Waals surface area contributed by atoms with Crippen LogP contribution in [0, 0.1) is 27.3 Å². The number of hydrogen-bond acceptors (Lipinski definition) is 8. The number of rotatable bonds is 8. The molecule has 1 heterocycles. The van der Waals surface area contributed by atoms with E-state index in [4.69, 9.17) is 19.5 Å². The third-order valence-electron chi connectivity index (χ3n) is 4.35. The molecule has 1 amide bonds. The topological polar surface area (TPSA) is 132 Å². The molecule has 2 aromatic carbocycles. The second kappa shape index (κ2) is 10.0. The highest BCUT2D eigenvalue weighted by atomic mass is 19.1. The number of hydrogen-bond donors (Lipinski definition) is 0. The van der Waals surface area contributed by atoms with Crippen LogP contribution in [0.3, 0.4) is 0 Å². The molecule has 11 heteroatoms. The number of nitriles is 1. The summed E-state index contributed by atoms with van der Waals surface area (Å²) in [6, 6.07) is 9.90. The number of nitro benzene ring substituents is 1. The van der Waals surface area contributed by atoms with E-state index in [9.17, 15) is 24.1 Å². The van der Waals surface area contributed by atoms with Crippen LogP contribution in [0.1, 0.15) is 12.0 Å². The minimum Gasteiger partial charge on any atom is -0.454 e. The molecule has 0 saturated carbocycles. The highest BCUT2D eigenvalue weighted by Crippen LogP contribution is 2.38. The van der Waals surface area contributed by atoms with E-state index in [0.717, 1.165) is 23.1 Å². The van der Waals surface area contributed by atoms with Gasteiger partial charge in [0.25, 0.3) is 11.6 Å². The molecule has 1 aliphatic rings. The maximum absolute atomic E-state index is 14.1. The first-order chi connectivity index (χ1) is 15.4. The van der Waals surface area contributed by atoms with Crippen LogP contribution in [0.5, 0.6) is 11.5 Å². The zero-order chi connectivity index (χ0) is 23.1. The zero-order valence-electron chi connectivity index (χ0n) is 16.5. The van der Waals surface area contributed by atoms with E-state index in [1.807, 2.05) is 6.07 Å². The molecule has 1 aliphatic heterocycles. The number of ether oxygens (including phenoxy) is 3. The summed E-state index contributed by atoms with van der Waals surface area (Å²) in [7, 11) is 0. The molecule has 2 aromatic rings. The quantitative estimate of drug-likeness (QED) is 0.264. The van der Waals surface area contributed by atoms with E-state index in [1.165, 1.54) is 30.3 Å². The van der Waals surface area contributed by atoms with E-state index in [2.05, 4.69) is 0 Å². The Morgan fingerprint density at radius 3 is 2.69 bits per heavy atom. The van der Waals surface area contributed by atoms with Crippen molar-refractivity contribution in [2.45, 2.75) is 6.42 Å². The maximum atomic E-state index is 14.1. The van der Waals surface area contributed by atoms with Gasteiger partial charge in [0, 0.05) is 12.6 Å². The van der Waals surface area contributed by atoms with Crippen molar-refractivity contribution in [3.63, 3.8) is 0 Å². The van der Waals surface area contributed by atoms with Crippen molar-refractivity contribution in [3.8, 4) is 17.6 Å². The molecule has 0 unspecified atom stereocenters. The number of para-hydroxylation sites is 1. The van der Waals surface area contributed by atoms with Gasteiger partial charge in [-0.25, -0.2) is 9.18 Å². The lowest BCUT2D eigenvalue weighted by Gasteiger charge is -2.21. The van der Waals surface area contributed by atoms with Gasteiger partial charge in [-0.1, -0.05) is 12.1 Å². The summed E-state index contributed by atoms with van der Waals surface area (Å²) >= 11 is 0. The molecular weight excluding hydrogens is 425 g/mol. The molecule has 0 aliphatic carbocycles. The fourth-order valence-corrected chi connectivity index (χ4v) is 2.87. The predicted molar refractivity (Wildman–Crippen MR) is 108 cm³/mol. The van der Waals surface area contributed by atoms with Crippen LogP contribution in [-0.2, 0) is 14.3 Å². The number of nitro groups is 1. The second-order valence-corrected chi connectivity index (χ2v) is 6.37. The first-order valence-corrected chi connectivity index (χ1v) is 9.25. The minimum atomic E-state index is -0.945. The fraction of sp³-hybridized carbons (Fsp3) is 0.190. The first-order valence-electron chi connectivity index (χ1n) is 9.25. The Balaban J connectivity index is 1.68. The normalized spacial score (nSPS) is 11.8. The summed E-state index contributed by atoms with van der Waals surface area (Å²) in [5.41, 5.74) is -0.281. The number of carbonyl (C=O) groups excluding carboxylic acids is 2. The Hall–Kier alpha value is -4.46. The van der Waals surface area contributed by atoms with Gasteiger partial charge < -0.3 is 19.1 Å². The highest BCUT2D eigenvalue weighted by molar-refractivity contribution is 5.96. The summed E-state index contributed by atoms with van der Waals surface area (Å²) in [5, 5.41) is 20.0. The Labute approximate surface area is 181 Å². The Bertz CT molecular complexity index is 1130. The lowest BCUT2D eigenvalue weighted by Crippen LogP contribution is -2.36. The van der Waals surface area contributed by atoms with Crippen molar-refractivity contribution < 1.29 is 33.1 Å². The van der Waals surface area contributed by atoms with Gasteiger partial charge in [-0.05, 0) is 24.3 Å². The number of amides is 1.